The van der Waals surface area contributed by atoms with Crippen LogP contribution >= 0.6 is 22.6 Å². The fourth-order valence-corrected chi connectivity index (χ4v) is 3.35. The molecule has 0 bridgehead atoms. The van der Waals surface area contributed by atoms with Gasteiger partial charge in [0.2, 0.25) is 5.91 Å². The van der Waals surface area contributed by atoms with Crippen LogP contribution in [0.25, 0.3) is 0 Å². The molecule has 3 rings (SSSR count). The fraction of sp³-hybridized carbons (Fsp3) is 0.500. The average molecular weight is 398 g/mol. The van der Waals surface area contributed by atoms with Gasteiger partial charge in [0.1, 0.15) is 0 Å². The molecule has 0 atom stereocenters. The van der Waals surface area contributed by atoms with Gasteiger partial charge in [-0.2, -0.15) is 0 Å². The fourth-order valence-electron chi connectivity index (χ4n) is 2.73. The minimum Gasteiger partial charge on any atom is -0.341 e. The topological polar surface area (TPSA) is 40.6 Å². The van der Waals surface area contributed by atoms with Crippen molar-refractivity contribution in [3.05, 3.63) is 33.4 Å². The second-order valence-electron chi connectivity index (χ2n) is 5.73. The highest BCUT2D eigenvalue weighted by Crippen LogP contribution is 2.31. The minimum atomic E-state index is 0.0840. The van der Waals surface area contributed by atoms with Crippen LogP contribution in [0.15, 0.2) is 24.3 Å². The average Bonchev–Trinajstić information content (AvgIpc) is 3.33. The first-order valence-corrected chi connectivity index (χ1v) is 8.57. The minimum absolute atomic E-state index is 0.0840. The number of carbonyl (C=O) groups excluding carboxylic acids is 2. The summed E-state index contributed by atoms with van der Waals surface area (Å²) in [5, 5.41) is 0. The molecule has 1 aliphatic carbocycles. The third kappa shape index (κ3) is 3.39. The van der Waals surface area contributed by atoms with Gasteiger partial charge < -0.3 is 9.80 Å². The molecule has 2 aliphatic rings. The van der Waals surface area contributed by atoms with Gasteiger partial charge in [0.25, 0.3) is 5.91 Å². The maximum Gasteiger partial charge on any atom is 0.254 e. The quantitative estimate of drug-likeness (QED) is 0.718. The Morgan fingerprint density at radius 2 is 1.67 bits per heavy atom. The number of rotatable bonds is 2. The molecule has 4 nitrogen and oxygen atoms in total. The number of halogens is 1. The molecular weight excluding hydrogens is 379 g/mol. The number of benzene rings is 1. The van der Waals surface area contributed by atoms with E-state index in [2.05, 4.69) is 22.6 Å². The molecule has 1 saturated heterocycles. The monoisotopic (exact) mass is 398 g/mol. The van der Waals surface area contributed by atoms with Gasteiger partial charge >= 0.3 is 0 Å². The molecule has 2 fully saturated rings. The second-order valence-corrected chi connectivity index (χ2v) is 6.89. The van der Waals surface area contributed by atoms with E-state index in [0.717, 1.165) is 41.5 Å². The normalized spacial score (nSPS) is 19.3. The predicted octanol–water partition coefficient (Wildman–Crippen LogP) is 2.38. The highest BCUT2D eigenvalue weighted by atomic mass is 127. The van der Waals surface area contributed by atoms with Crippen molar-refractivity contribution >= 4 is 34.4 Å². The lowest BCUT2D eigenvalue weighted by Gasteiger charge is -2.22. The molecule has 0 N–H and O–H groups in total. The SMILES string of the molecule is O=C(c1ccccc1I)N1CCCN(C(=O)C2CC2)CC1. The van der Waals surface area contributed by atoms with Crippen LogP contribution in [0, 0.1) is 9.49 Å². The third-order valence-corrected chi connectivity index (χ3v) is 5.07. The molecule has 21 heavy (non-hydrogen) atoms. The molecule has 1 heterocycles. The van der Waals surface area contributed by atoms with Crippen molar-refractivity contribution < 1.29 is 9.59 Å². The Labute approximate surface area is 138 Å². The molecule has 0 aromatic heterocycles. The zero-order valence-electron chi connectivity index (χ0n) is 11.9. The Morgan fingerprint density at radius 1 is 1.00 bits per heavy atom. The highest BCUT2D eigenvalue weighted by molar-refractivity contribution is 14.1. The lowest BCUT2D eigenvalue weighted by atomic mass is 10.2. The van der Waals surface area contributed by atoms with Crippen molar-refractivity contribution in [1.29, 1.82) is 0 Å². The van der Waals surface area contributed by atoms with E-state index in [1.165, 1.54) is 0 Å². The lowest BCUT2D eigenvalue weighted by molar-refractivity contribution is -0.132. The molecule has 2 amide bonds. The lowest BCUT2D eigenvalue weighted by Crippen LogP contribution is -2.38. The van der Waals surface area contributed by atoms with Gasteiger partial charge in [-0.05, 0) is 54.0 Å². The highest BCUT2D eigenvalue weighted by Gasteiger charge is 2.34. The molecule has 1 aromatic rings. The molecular formula is C16H19IN2O2. The van der Waals surface area contributed by atoms with Crippen LogP contribution < -0.4 is 0 Å². The van der Waals surface area contributed by atoms with E-state index in [4.69, 9.17) is 0 Å². The molecule has 5 heteroatoms. The van der Waals surface area contributed by atoms with Gasteiger partial charge in [-0.3, -0.25) is 9.59 Å². The van der Waals surface area contributed by atoms with Crippen molar-refractivity contribution in [2.75, 3.05) is 26.2 Å². The van der Waals surface area contributed by atoms with E-state index in [9.17, 15) is 9.59 Å². The van der Waals surface area contributed by atoms with Crippen molar-refractivity contribution in [3.8, 4) is 0 Å². The van der Waals surface area contributed by atoms with Crippen LogP contribution in [0.3, 0.4) is 0 Å². The van der Waals surface area contributed by atoms with Gasteiger partial charge in [-0.15, -0.1) is 0 Å². The zero-order valence-corrected chi connectivity index (χ0v) is 14.1. The molecule has 1 saturated carbocycles. The molecule has 112 valence electrons. The van der Waals surface area contributed by atoms with Crippen LogP contribution in [-0.4, -0.2) is 47.8 Å². The Balaban J connectivity index is 1.66. The number of carbonyl (C=O) groups is 2. The molecule has 1 aliphatic heterocycles. The summed E-state index contributed by atoms with van der Waals surface area (Å²) in [6.45, 7) is 2.83. The first-order valence-electron chi connectivity index (χ1n) is 7.49. The second kappa shape index (κ2) is 6.34. The van der Waals surface area contributed by atoms with Crippen molar-refractivity contribution in [2.45, 2.75) is 19.3 Å². The van der Waals surface area contributed by atoms with E-state index in [0.29, 0.717) is 19.0 Å². The van der Waals surface area contributed by atoms with Crippen LogP contribution in [0.5, 0.6) is 0 Å². The van der Waals surface area contributed by atoms with Crippen LogP contribution in [0.1, 0.15) is 29.6 Å². The van der Waals surface area contributed by atoms with Gasteiger partial charge in [-0.25, -0.2) is 0 Å². The van der Waals surface area contributed by atoms with E-state index >= 15 is 0 Å². The van der Waals surface area contributed by atoms with Crippen LogP contribution in [-0.2, 0) is 4.79 Å². The van der Waals surface area contributed by atoms with Crippen molar-refractivity contribution in [1.82, 2.24) is 9.80 Å². The van der Waals surface area contributed by atoms with E-state index in [1.54, 1.807) is 0 Å². The van der Waals surface area contributed by atoms with E-state index < -0.39 is 0 Å². The van der Waals surface area contributed by atoms with Gasteiger partial charge in [0, 0.05) is 35.7 Å². The Morgan fingerprint density at radius 3 is 2.38 bits per heavy atom. The summed E-state index contributed by atoms with van der Waals surface area (Å²) < 4.78 is 0.982. The van der Waals surface area contributed by atoms with Gasteiger partial charge in [-0.1, -0.05) is 12.1 Å². The first kappa shape index (κ1) is 14.8. The van der Waals surface area contributed by atoms with Crippen molar-refractivity contribution in [3.63, 3.8) is 0 Å². The predicted molar refractivity (Wildman–Crippen MR) is 89.0 cm³/mol. The van der Waals surface area contributed by atoms with Crippen LogP contribution in [0.2, 0.25) is 0 Å². The number of amides is 2. The summed E-state index contributed by atoms with van der Waals surface area (Å²) >= 11 is 2.20. The number of hydrogen-bond acceptors (Lipinski definition) is 2. The number of hydrogen-bond donors (Lipinski definition) is 0. The van der Waals surface area contributed by atoms with E-state index in [1.807, 2.05) is 34.1 Å². The maximum absolute atomic E-state index is 12.6. The Hall–Kier alpha value is -1.11. The Bertz CT molecular complexity index is 557. The molecule has 1 aromatic carbocycles. The van der Waals surface area contributed by atoms with Crippen LogP contribution in [0.4, 0.5) is 0 Å². The first-order chi connectivity index (χ1) is 10.2. The van der Waals surface area contributed by atoms with E-state index in [-0.39, 0.29) is 11.8 Å². The van der Waals surface area contributed by atoms with Crippen molar-refractivity contribution in [2.24, 2.45) is 5.92 Å². The zero-order chi connectivity index (χ0) is 14.8. The molecule has 0 spiro atoms. The summed E-state index contributed by atoms with van der Waals surface area (Å²) in [4.78, 5) is 28.6. The summed E-state index contributed by atoms with van der Waals surface area (Å²) in [5.41, 5.74) is 0.764. The largest absolute Gasteiger partial charge is 0.341 e. The Kier molecular flexibility index (Phi) is 4.47. The standard InChI is InChI=1S/C16H19IN2O2/c17-14-5-2-1-4-13(14)16(21)19-9-3-8-18(10-11-19)15(20)12-6-7-12/h1-2,4-5,12H,3,6-11H2. The molecule has 0 radical (unpaired) electrons. The summed E-state index contributed by atoms with van der Waals surface area (Å²) in [7, 11) is 0. The van der Waals surface area contributed by atoms with Gasteiger partial charge in [0.05, 0.1) is 5.56 Å². The summed E-state index contributed by atoms with van der Waals surface area (Å²) in [6, 6.07) is 7.67. The van der Waals surface area contributed by atoms with Gasteiger partial charge in [0.15, 0.2) is 0 Å². The smallest absolute Gasteiger partial charge is 0.254 e. The summed E-state index contributed by atoms with van der Waals surface area (Å²) in [6.07, 6.45) is 2.95. The molecule has 0 unspecified atom stereocenters. The third-order valence-electron chi connectivity index (χ3n) is 4.13. The summed E-state index contributed by atoms with van der Waals surface area (Å²) in [5.74, 6) is 0.640. The number of nitrogens with zero attached hydrogens (tertiary/aromatic N) is 2. The maximum atomic E-state index is 12.6.